The van der Waals surface area contributed by atoms with Crippen LogP contribution >= 0.6 is 0 Å². The van der Waals surface area contributed by atoms with Crippen molar-refractivity contribution in [1.29, 1.82) is 0 Å². The number of carbonyl (C=O) groups is 1. The number of hydrogen-bond acceptors (Lipinski definition) is 4. The van der Waals surface area contributed by atoms with Crippen LogP contribution in [0.3, 0.4) is 0 Å². The third kappa shape index (κ3) is 2.70. The van der Waals surface area contributed by atoms with Crippen molar-refractivity contribution in [2.75, 3.05) is 20.1 Å². The third-order valence-electron chi connectivity index (χ3n) is 1.18. The molecule has 0 saturated carbocycles. The number of ketones is 1. The van der Waals surface area contributed by atoms with Crippen molar-refractivity contribution in [3.05, 3.63) is 0 Å². The molecule has 1 rings (SSSR count). The first-order chi connectivity index (χ1) is 4.83. The van der Waals surface area contributed by atoms with Crippen LogP contribution in [0.1, 0.15) is 0 Å². The van der Waals surface area contributed by atoms with E-state index < -0.39 is 0 Å². The summed E-state index contributed by atoms with van der Waals surface area (Å²) in [7, 11) is 1.76. The molecule has 56 valence electrons. The number of hydrogen-bond donors (Lipinski definition) is 2. The van der Waals surface area contributed by atoms with E-state index in [1.54, 1.807) is 13.3 Å². The normalized spacial score (nSPS) is 21.1. The van der Waals surface area contributed by atoms with E-state index in [9.17, 15) is 4.79 Å². The highest BCUT2D eigenvalue weighted by Gasteiger charge is 2.12. The lowest BCUT2D eigenvalue weighted by Crippen LogP contribution is -2.31. The molecule has 0 aromatic rings. The maximum Gasteiger partial charge on any atom is 0.160 e. The van der Waals surface area contributed by atoms with Gasteiger partial charge >= 0.3 is 0 Å². The van der Waals surface area contributed by atoms with Crippen LogP contribution in [0.15, 0.2) is 4.99 Å². The summed E-state index contributed by atoms with van der Waals surface area (Å²) in [6.07, 6.45) is 1.91. The molecule has 1 unspecified atom stereocenters. The molecule has 0 aromatic heterocycles. The number of aliphatic imine (C=N–C) groups is 1. The topological polar surface area (TPSA) is 53.5 Å². The van der Waals surface area contributed by atoms with Crippen LogP contribution < -0.4 is 10.6 Å². The molecule has 0 amide bonds. The van der Waals surface area contributed by atoms with Crippen molar-refractivity contribution in [3.8, 4) is 0 Å². The van der Waals surface area contributed by atoms with E-state index in [1.165, 1.54) is 0 Å². The predicted octanol–water partition coefficient (Wildman–Crippen LogP) is -1.22. The van der Waals surface area contributed by atoms with E-state index in [0.29, 0.717) is 13.1 Å². The largest absolute Gasteiger partial charge is 0.313 e. The average Bonchev–Trinajstić information content (AvgIpc) is 2.67. The molecule has 4 nitrogen and oxygen atoms in total. The summed E-state index contributed by atoms with van der Waals surface area (Å²) in [5.74, 6) is 0.165. The van der Waals surface area contributed by atoms with Gasteiger partial charge in [-0.3, -0.25) is 15.1 Å². The van der Waals surface area contributed by atoms with Gasteiger partial charge in [0.25, 0.3) is 0 Å². The highest BCUT2D eigenvalue weighted by Crippen LogP contribution is 1.93. The van der Waals surface area contributed by atoms with E-state index in [0.717, 1.165) is 0 Å². The molecule has 0 aliphatic carbocycles. The van der Waals surface area contributed by atoms with Gasteiger partial charge in [-0.1, -0.05) is 0 Å². The maximum atomic E-state index is 10.8. The number of rotatable bonds is 5. The fourth-order valence-corrected chi connectivity index (χ4v) is 0.627. The number of nitrogens with one attached hydrogen (secondary N) is 2. The van der Waals surface area contributed by atoms with Gasteiger partial charge in [0.2, 0.25) is 0 Å². The first-order valence-corrected chi connectivity index (χ1v) is 3.26. The molecule has 10 heavy (non-hydrogen) atoms. The van der Waals surface area contributed by atoms with E-state index in [4.69, 9.17) is 0 Å². The summed E-state index contributed by atoms with van der Waals surface area (Å²) < 4.78 is 0. The van der Waals surface area contributed by atoms with Gasteiger partial charge in [-0.15, -0.1) is 0 Å². The molecule has 4 heteroatoms. The molecule has 0 radical (unpaired) electrons. The minimum atomic E-state index is 0.140. The minimum absolute atomic E-state index is 0.140. The lowest BCUT2D eigenvalue weighted by molar-refractivity contribution is -0.117. The predicted molar refractivity (Wildman–Crippen MR) is 39.2 cm³/mol. The maximum absolute atomic E-state index is 10.8. The van der Waals surface area contributed by atoms with E-state index in [-0.39, 0.29) is 11.9 Å². The fourth-order valence-electron chi connectivity index (χ4n) is 0.627. The van der Waals surface area contributed by atoms with Crippen molar-refractivity contribution in [2.45, 2.75) is 6.17 Å². The summed E-state index contributed by atoms with van der Waals surface area (Å²) >= 11 is 0. The van der Waals surface area contributed by atoms with Gasteiger partial charge in [0.05, 0.1) is 13.1 Å². The number of Topliss-reactive ketones (excluding diaryl/α,β-unsaturated/α-hetero) is 1. The second kappa shape index (κ2) is 3.43. The third-order valence-corrected chi connectivity index (χ3v) is 1.18. The van der Waals surface area contributed by atoms with Gasteiger partial charge < -0.3 is 5.32 Å². The van der Waals surface area contributed by atoms with Crippen molar-refractivity contribution in [1.82, 2.24) is 10.6 Å². The van der Waals surface area contributed by atoms with Gasteiger partial charge in [-0.2, -0.15) is 0 Å². The second-order valence-electron chi connectivity index (χ2n) is 2.19. The van der Waals surface area contributed by atoms with Crippen molar-refractivity contribution >= 4 is 12.0 Å². The Balaban J connectivity index is 1.95. The van der Waals surface area contributed by atoms with Crippen LogP contribution in [0.5, 0.6) is 0 Å². The molecule has 0 fully saturated rings. The molecule has 1 atom stereocenters. The van der Waals surface area contributed by atoms with Gasteiger partial charge in [0.1, 0.15) is 6.17 Å². The van der Waals surface area contributed by atoms with Crippen molar-refractivity contribution in [2.24, 2.45) is 4.99 Å². The molecule has 1 aliphatic heterocycles. The lowest BCUT2D eigenvalue weighted by Gasteiger charge is -1.98. The Bertz CT molecular complexity index is 149. The summed E-state index contributed by atoms with van der Waals surface area (Å²) in [5.41, 5.74) is 0. The molecular formula is C6H11N3O. The smallest absolute Gasteiger partial charge is 0.160 e. The second-order valence-corrected chi connectivity index (χ2v) is 2.19. The number of carbonyl (C=O) groups excluding carboxylic acids is 1. The van der Waals surface area contributed by atoms with Crippen LogP contribution in [0.4, 0.5) is 0 Å². The average molecular weight is 141 g/mol. The van der Waals surface area contributed by atoms with Gasteiger partial charge in [-0.05, 0) is 7.05 Å². The Morgan fingerprint density at radius 1 is 1.70 bits per heavy atom. The molecule has 1 aliphatic rings. The molecule has 1 heterocycles. The summed E-state index contributed by atoms with van der Waals surface area (Å²) in [6, 6.07) is 0. The Morgan fingerprint density at radius 2 is 2.40 bits per heavy atom. The Morgan fingerprint density at radius 3 is 2.90 bits per heavy atom. The first-order valence-electron chi connectivity index (χ1n) is 3.26. The zero-order valence-corrected chi connectivity index (χ0v) is 5.92. The lowest BCUT2D eigenvalue weighted by atomic mass is 10.4. The summed E-state index contributed by atoms with van der Waals surface area (Å²) in [5, 5.41) is 5.71. The quantitative estimate of drug-likeness (QED) is 0.504. The van der Waals surface area contributed by atoms with Crippen LogP contribution in [-0.2, 0) is 4.79 Å². The molecule has 0 spiro atoms. The Labute approximate surface area is 59.7 Å². The van der Waals surface area contributed by atoms with Gasteiger partial charge in [0.15, 0.2) is 5.78 Å². The van der Waals surface area contributed by atoms with Gasteiger partial charge in [-0.25, -0.2) is 0 Å². The summed E-state index contributed by atoms with van der Waals surface area (Å²) in [4.78, 5) is 14.6. The fraction of sp³-hybridized carbons (Fsp3) is 0.667. The van der Waals surface area contributed by atoms with Crippen molar-refractivity contribution < 1.29 is 4.79 Å². The summed E-state index contributed by atoms with van der Waals surface area (Å²) in [6.45, 7) is 0.839. The minimum Gasteiger partial charge on any atom is -0.313 e. The van der Waals surface area contributed by atoms with Gasteiger partial charge in [0, 0.05) is 6.21 Å². The highest BCUT2D eigenvalue weighted by molar-refractivity contribution is 5.84. The Kier molecular flexibility index (Phi) is 2.53. The van der Waals surface area contributed by atoms with E-state index >= 15 is 0 Å². The SMILES string of the molecule is CNCC(=O)CNC1C=N1. The molecule has 0 bridgehead atoms. The first kappa shape index (κ1) is 7.37. The molecular weight excluding hydrogens is 130 g/mol. The Hall–Kier alpha value is -0.740. The number of nitrogens with zero attached hydrogens (tertiary/aromatic N) is 1. The molecule has 0 aromatic carbocycles. The standard InChI is InChI=1S/C6H11N3O/c1-7-2-5(10)3-8-6-4-9-6/h4,6-8H,2-3H2,1H3. The molecule has 0 saturated heterocycles. The molecule has 2 N–H and O–H groups in total. The zero-order chi connectivity index (χ0) is 7.40. The van der Waals surface area contributed by atoms with E-state index in [2.05, 4.69) is 15.6 Å². The number of likely N-dealkylation sites (N-methyl/N-ethyl adjacent to an activating group) is 1. The highest BCUT2D eigenvalue weighted by atomic mass is 16.1. The van der Waals surface area contributed by atoms with Crippen molar-refractivity contribution in [3.63, 3.8) is 0 Å². The monoisotopic (exact) mass is 141 g/mol. The van der Waals surface area contributed by atoms with E-state index in [1.807, 2.05) is 0 Å². The van der Waals surface area contributed by atoms with Crippen LogP contribution in [0.2, 0.25) is 0 Å². The van der Waals surface area contributed by atoms with Crippen LogP contribution in [-0.4, -0.2) is 38.3 Å². The van der Waals surface area contributed by atoms with Crippen LogP contribution in [0, 0.1) is 0 Å². The zero-order valence-electron chi connectivity index (χ0n) is 5.92. The van der Waals surface area contributed by atoms with Crippen LogP contribution in [0.25, 0.3) is 0 Å².